The van der Waals surface area contributed by atoms with Crippen LogP contribution in [0.2, 0.25) is 0 Å². The molecule has 3 aromatic carbocycles. The van der Waals surface area contributed by atoms with Crippen LogP contribution < -0.4 is 9.64 Å². The molecule has 0 aliphatic carbocycles. The van der Waals surface area contributed by atoms with Crippen molar-refractivity contribution in [2.24, 2.45) is 0 Å². The number of nitrogens with zero attached hydrogens (tertiary/aromatic N) is 6. The molecule has 7 nitrogen and oxygen atoms in total. The summed E-state index contributed by atoms with van der Waals surface area (Å²) in [5, 5.41) is 13.0. The first-order valence-electron chi connectivity index (χ1n) is 12.1. The molecule has 0 saturated carbocycles. The Balaban J connectivity index is 1.40. The van der Waals surface area contributed by atoms with Gasteiger partial charge in [-0.1, -0.05) is 54.6 Å². The average Bonchev–Trinajstić information content (AvgIpc) is 3.35. The van der Waals surface area contributed by atoms with E-state index in [4.69, 9.17) is 4.74 Å². The predicted octanol–water partition coefficient (Wildman–Crippen LogP) is 4.26. The van der Waals surface area contributed by atoms with Gasteiger partial charge >= 0.3 is 0 Å². The predicted molar refractivity (Wildman–Crippen MR) is 138 cm³/mol. The van der Waals surface area contributed by atoms with Gasteiger partial charge in [0.1, 0.15) is 5.75 Å². The van der Waals surface area contributed by atoms with Gasteiger partial charge in [0.2, 0.25) is 0 Å². The molecule has 1 aromatic heterocycles. The number of piperazine rings is 1. The number of benzene rings is 3. The molecule has 180 valence electrons. The highest BCUT2D eigenvalue weighted by Crippen LogP contribution is 2.30. The molecule has 1 saturated heterocycles. The topological polar surface area (TPSA) is 59.3 Å². The van der Waals surface area contributed by atoms with Crippen molar-refractivity contribution in [3.05, 3.63) is 101 Å². The Labute approximate surface area is 206 Å². The maximum Gasteiger partial charge on any atom is 0.173 e. The Kier molecular flexibility index (Phi) is 6.77. The van der Waals surface area contributed by atoms with Gasteiger partial charge in [-0.3, -0.25) is 4.90 Å². The third-order valence-electron chi connectivity index (χ3n) is 7.01. The minimum Gasteiger partial charge on any atom is -0.497 e. The smallest absolute Gasteiger partial charge is 0.173 e. The van der Waals surface area contributed by atoms with Gasteiger partial charge in [-0.25, -0.2) is 4.68 Å². The molecule has 1 aliphatic heterocycles. The number of ether oxygens (including phenoxy) is 1. The van der Waals surface area contributed by atoms with Crippen LogP contribution in [0.5, 0.6) is 5.75 Å². The molecule has 0 N–H and O–H groups in total. The highest BCUT2D eigenvalue weighted by atomic mass is 16.5. The molecule has 1 unspecified atom stereocenters. The Morgan fingerprint density at radius 2 is 1.60 bits per heavy atom. The van der Waals surface area contributed by atoms with Crippen LogP contribution in [0, 0.1) is 13.8 Å². The fraction of sp³-hybridized carbons (Fsp3) is 0.321. The second kappa shape index (κ2) is 10.3. The molecule has 0 amide bonds. The maximum absolute atomic E-state index is 5.30. The van der Waals surface area contributed by atoms with Crippen LogP contribution >= 0.6 is 0 Å². The molecule has 1 aliphatic rings. The second-order valence-corrected chi connectivity index (χ2v) is 9.10. The minimum atomic E-state index is -0.00907. The van der Waals surface area contributed by atoms with E-state index < -0.39 is 0 Å². The van der Waals surface area contributed by atoms with Crippen molar-refractivity contribution in [3.8, 4) is 5.75 Å². The normalized spacial score (nSPS) is 15.2. The third kappa shape index (κ3) is 4.91. The van der Waals surface area contributed by atoms with Gasteiger partial charge in [0.15, 0.2) is 5.82 Å². The zero-order valence-electron chi connectivity index (χ0n) is 20.6. The van der Waals surface area contributed by atoms with Crippen molar-refractivity contribution in [3.63, 3.8) is 0 Å². The van der Waals surface area contributed by atoms with E-state index in [1.54, 1.807) is 7.11 Å². The number of methoxy groups -OCH3 is 1. The Bertz CT molecular complexity index is 1250. The summed E-state index contributed by atoms with van der Waals surface area (Å²) in [7, 11) is 1.68. The van der Waals surface area contributed by atoms with Gasteiger partial charge in [0.25, 0.3) is 0 Å². The van der Waals surface area contributed by atoms with Gasteiger partial charge < -0.3 is 9.64 Å². The standard InChI is InChI=1S/C28H32N6O/c1-21-8-7-11-26(22(21)2)32-16-18-33(19-17-32)27(24-9-5-4-6-10-24)28-29-30-31-34(28)20-23-12-14-25(35-3)15-13-23/h4-15,27H,16-20H2,1-3H3. The van der Waals surface area contributed by atoms with E-state index in [1.807, 2.05) is 16.8 Å². The van der Waals surface area contributed by atoms with E-state index in [0.717, 1.165) is 43.3 Å². The highest BCUT2D eigenvalue weighted by Gasteiger charge is 2.31. The molecular formula is C28H32N6O. The van der Waals surface area contributed by atoms with Gasteiger partial charge in [0, 0.05) is 31.9 Å². The summed E-state index contributed by atoms with van der Waals surface area (Å²) >= 11 is 0. The van der Waals surface area contributed by atoms with Gasteiger partial charge in [-0.15, -0.1) is 5.10 Å². The molecule has 1 atom stereocenters. The van der Waals surface area contributed by atoms with Crippen molar-refractivity contribution < 1.29 is 4.74 Å². The molecular weight excluding hydrogens is 436 g/mol. The summed E-state index contributed by atoms with van der Waals surface area (Å²) in [6.07, 6.45) is 0. The Morgan fingerprint density at radius 3 is 2.31 bits per heavy atom. The first kappa shape index (κ1) is 23.1. The number of hydrogen-bond donors (Lipinski definition) is 0. The van der Waals surface area contributed by atoms with Crippen LogP contribution in [0.1, 0.15) is 34.1 Å². The van der Waals surface area contributed by atoms with E-state index in [9.17, 15) is 0 Å². The van der Waals surface area contributed by atoms with Crippen molar-refractivity contribution >= 4 is 5.69 Å². The molecule has 2 heterocycles. The fourth-order valence-electron chi connectivity index (χ4n) is 4.88. The number of rotatable bonds is 7. The van der Waals surface area contributed by atoms with E-state index in [2.05, 4.69) is 99.8 Å². The first-order valence-corrected chi connectivity index (χ1v) is 12.1. The zero-order valence-corrected chi connectivity index (χ0v) is 20.6. The lowest BCUT2D eigenvalue weighted by molar-refractivity contribution is 0.201. The lowest BCUT2D eigenvalue weighted by Crippen LogP contribution is -2.48. The fourth-order valence-corrected chi connectivity index (χ4v) is 4.88. The van der Waals surface area contributed by atoms with Crippen LogP contribution in [0.3, 0.4) is 0 Å². The van der Waals surface area contributed by atoms with Gasteiger partial charge in [-0.2, -0.15) is 0 Å². The SMILES string of the molecule is COc1ccc(Cn2nnnc2C(c2ccccc2)N2CCN(c3cccc(C)c3C)CC2)cc1. The van der Waals surface area contributed by atoms with Crippen LogP contribution in [0.4, 0.5) is 5.69 Å². The van der Waals surface area contributed by atoms with Crippen LogP contribution in [0.15, 0.2) is 72.8 Å². The van der Waals surface area contributed by atoms with E-state index in [-0.39, 0.29) is 6.04 Å². The van der Waals surface area contributed by atoms with Crippen LogP contribution in [-0.4, -0.2) is 58.4 Å². The molecule has 1 fully saturated rings. The highest BCUT2D eigenvalue weighted by molar-refractivity contribution is 5.56. The van der Waals surface area contributed by atoms with E-state index >= 15 is 0 Å². The maximum atomic E-state index is 5.30. The summed E-state index contributed by atoms with van der Waals surface area (Å²) in [5.74, 6) is 1.71. The minimum absolute atomic E-state index is 0.00907. The molecule has 35 heavy (non-hydrogen) atoms. The largest absolute Gasteiger partial charge is 0.497 e. The summed E-state index contributed by atoms with van der Waals surface area (Å²) in [6, 6.07) is 25.2. The second-order valence-electron chi connectivity index (χ2n) is 9.10. The number of hydrogen-bond acceptors (Lipinski definition) is 6. The quantitative estimate of drug-likeness (QED) is 0.404. The molecule has 0 bridgehead atoms. The lowest BCUT2D eigenvalue weighted by atomic mass is 10.0. The molecule has 0 radical (unpaired) electrons. The summed E-state index contributed by atoms with van der Waals surface area (Å²) in [4.78, 5) is 5.01. The van der Waals surface area contributed by atoms with E-state index in [0.29, 0.717) is 6.54 Å². The molecule has 7 heteroatoms. The Hall–Kier alpha value is -3.71. The summed E-state index contributed by atoms with van der Waals surface area (Å²) in [6.45, 7) is 8.81. The molecule has 0 spiro atoms. The lowest BCUT2D eigenvalue weighted by Gasteiger charge is -2.40. The molecule has 4 aromatic rings. The van der Waals surface area contributed by atoms with Crippen molar-refractivity contribution in [1.29, 1.82) is 0 Å². The third-order valence-corrected chi connectivity index (χ3v) is 7.01. The van der Waals surface area contributed by atoms with Crippen LogP contribution in [-0.2, 0) is 6.54 Å². The monoisotopic (exact) mass is 468 g/mol. The number of aryl methyl sites for hydroxylation is 1. The summed E-state index contributed by atoms with van der Waals surface area (Å²) < 4.78 is 7.23. The van der Waals surface area contributed by atoms with E-state index in [1.165, 1.54) is 22.4 Å². The van der Waals surface area contributed by atoms with Crippen molar-refractivity contribution in [1.82, 2.24) is 25.1 Å². The Morgan fingerprint density at radius 1 is 0.857 bits per heavy atom. The van der Waals surface area contributed by atoms with Crippen molar-refractivity contribution in [2.45, 2.75) is 26.4 Å². The first-order chi connectivity index (χ1) is 17.1. The average molecular weight is 469 g/mol. The number of tetrazole rings is 1. The number of anilines is 1. The van der Waals surface area contributed by atoms with Gasteiger partial charge in [-0.05, 0) is 64.7 Å². The van der Waals surface area contributed by atoms with Crippen LogP contribution in [0.25, 0.3) is 0 Å². The molecule has 5 rings (SSSR count). The van der Waals surface area contributed by atoms with Crippen molar-refractivity contribution in [2.75, 3.05) is 38.2 Å². The zero-order chi connectivity index (χ0) is 24.2. The number of aromatic nitrogens is 4. The van der Waals surface area contributed by atoms with Gasteiger partial charge in [0.05, 0.1) is 19.7 Å². The summed E-state index contributed by atoms with van der Waals surface area (Å²) in [5.41, 5.74) is 6.38.